The van der Waals surface area contributed by atoms with E-state index < -0.39 is 24.6 Å². The molecule has 1 rings (SSSR count). The van der Waals surface area contributed by atoms with Gasteiger partial charge in [-0.15, -0.1) is 0 Å². The number of pyridine rings is 1. The Morgan fingerprint density at radius 2 is 2.26 bits per heavy atom. The summed E-state index contributed by atoms with van der Waals surface area (Å²) in [6.07, 6.45) is 1.53. The predicted octanol–water partition coefficient (Wildman–Crippen LogP) is -0.665. The van der Waals surface area contributed by atoms with E-state index in [9.17, 15) is 9.59 Å². The summed E-state index contributed by atoms with van der Waals surface area (Å²) in [5, 5.41) is 22.0. The molecule has 0 aliphatic rings. The number of rotatable bonds is 6. The van der Waals surface area contributed by atoms with Gasteiger partial charge < -0.3 is 25.6 Å². The van der Waals surface area contributed by atoms with Crippen molar-refractivity contribution in [3.8, 4) is 5.88 Å². The minimum absolute atomic E-state index is 0.183. The molecule has 0 spiro atoms. The van der Waals surface area contributed by atoms with Crippen LogP contribution in [0, 0.1) is 0 Å². The second-order valence-corrected chi connectivity index (χ2v) is 3.61. The third kappa shape index (κ3) is 4.80. The zero-order valence-corrected chi connectivity index (χ0v) is 10.3. The van der Waals surface area contributed by atoms with Crippen LogP contribution in [0.3, 0.4) is 0 Å². The number of amides is 2. The third-order valence-electron chi connectivity index (χ3n) is 2.25. The number of hydrogen-bond acceptors (Lipinski definition) is 5. The molecule has 19 heavy (non-hydrogen) atoms. The number of ether oxygens (including phenoxy) is 1. The van der Waals surface area contributed by atoms with Gasteiger partial charge in [-0.3, -0.25) is 0 Å². The zero-order valence-electron chi connectivity index (χ0n) is 10.3. The van der Waals surface area contributed by atoms with E-state index in [4.69, 9.17) is 14.9 Å². The number of nitrogens with one attached hydrogen (secondary N) is 2. The molecule has 8 nitrogen and oxygen atoms in total. The standard InChI is InChI=1S/C11H15N3O5/c1-19-9-4-7(2-3-12-9)5-13-11(18)14-8(6-15)10(16)17/h2-4,8,15H,5-6H2,1H3,(H,16,17)(H2,13,14,18)/t8-/m0/s1. The Balaban J connectivity index is 2.47. The molecule has 0 saturated carbocycles. The SMILES string of the molecule is COc1cc(CNC(=O)N[C@@H](CO)C(=O)O)ccn1. The lowest BCUT2D eigenvalue weighted by molar-refractivity contribution is -0.140. The molecule has 104 valence electrons. The summed E-state index contributed by atoms with van der Waals surface area (Å²) >= 11 is 0. The van der Waals surface area contributed by atoms with Crippen LogP contribution in [0.25, 0.3) is 0 Å². The minimum atomic E-state index is -1.33. The van der Waals surface area contributed by atoms with Gasteiger partial charge in [-0.25, -0.2) is 14.6 Å². The molecular weight excluding hydrogens is 254 g/mol. The number of carboxylic acid groups (broad SMARTS) is 1. The number of hydrogen-bond donors (Lipinski definition) is 4. The normalized spacial score (nSPS) is 11.5. The van der Waals surface area contributed by atoms with Crippen molar-refractivity contribution in [3.05, 3.63) is 23.9 Å². The Morgan fingerprint density at radius 3 is 2.84 bits per heavy atom. The van der Waals surface area contributed by atoms with Crippen LogP contribution >= 0.6 is 0 Å². The highest BCUT2D eigenvalue weighted by molar-refractivity contribution is 5.82. The van der Waals surface area contributed by atoms with E-state index in [1.54, 1.807) is 12.1 Å². The van der Waals surface area contributed by atoms with Gasteiger partial charge in [0, 0.05) is 18.8 Å². The topological polar surface area (TPSA) is 121 Å². The van der Waals surface area contributed by atoms with Crippen molar-refractivity contribution >= 4 is 12.0 Å². The fourth-order valence-electron chi connectivity index (χ4n) is 1.25. The predicted molar refractivity (Wildman–Crippen MR) is 64.7 cm³/mol. The number of nitrogens with zero attached hydrogens (tertiary/aromatic N) is 1. The molecule has 0 aromatic carbocycles. The zero-order chi connectivity index (χ0) is 14.3. The Morgan fingerprint density at radius 1 is 1.53 bits per heavy atom. The largest absolute Gasteiger partial charge is 0.481 e. The maximum absolute atomic E-state index is 11.4. The first-order chi connectivity index (χ1) is 9.06. The molecule has 1 aromatic heterocycles. The monoisotopic (exact) mass is 269 g/mol. The summed E-state index contributed by atoms with van der Waals surface area (Å²) in [5.74, 6) is -0.887. The molecule has 0 saturated heterocycles. The molecule has 0 bridgehead atoms. The smallest absolute Gasteiger partial charge is 0.328 e. The number of urea groups is 1. The number of methoxy groups -OCH3 is 1. The molecule has 1 aromatic rings. The highest BCUT2D eigenvalue weighted by atomic mass is 16.5. The molecule has 1 heterocycles. The van der Waals surface area contributed by atoms with Crippen LogP contribution in [0.5, 0.6) is 5.88 Å². The Hall–Kier alpha value is -2.35. The maximum atomic E-state index is 11.4. The van der Waals surface area contributed by atoms with Crippen LogP contribution in [0.1, 0.15) is 5.56 Å². The van der Waals surface area contributed by atoms with E-state index in [0.717, 1.165) is 5.56 Å². The molecule has 0 aliphatic carbocycles. The van der Waals surface area contributed by atoms with Gasteiger partial charge in [-0.2, -0.15) is 0 Å². The van der Waals surface area contributed by atoms with E-state index in [0.29, 0.717) is 5.88 Å². The summed E-state index contributed by atoms with van der Waals surface area (Å²) in [7, 11) is 1.48. The van der Waals surface area contributed by atoms with E-state index in [2.05, 4.69) is 15.6 Å². The van der Waals surface area contributed by atoms with Gasteiger partial charge in [0.2, 0.25) is 5.88 Å². The van der Waals surface area contributed by atoms with Crippen molar-refractivity contribution in [3.63, 3.8) is 0 Å². The lowest BCUT2D eigenvalue weighted by Gasteiger charge is -2.12. The molecule has 8 heteroatoms. The quantitative estimate of drug-likeness (QED) is 0.544. The number of aliphatic hydroxyl groups excluding tert-OH is 1. The summed E-state index contributed by atoms with van der Waals surface area (Å²) < 4.78 is 4.92. The molecule has 0 fully saturated rings. The van der Waals surface area contributed by atoms with Crippen molar-refractivity contribution in [2.45, 2.75) is 12.6 Å². The Bertz CT molecular complexity index is 452. The number of carboxylic acids is 1. The summed E-state index contributed by atoms with van der Waals surface area (Å²) in [6.45, 7) is -0.492. The summed E-state index contributed by atoms with van der Waals surface area (Å²) in [6, 6.07) is 1.31. The van der Waals surface area contributed by atoms with Crippen LogP contribution in [-0.4, -0.2) is 47.0 Å². The molecule has 0 radical (unpaired) electrons. The van der Waals surface area contributed by atoms with Gasteiger partial charge in [0.1, 0.15) is 0 Å². The number of aromatic nitrogens is 1. The lowest BCUT2D eigenvalue weighted by Crippen LogP contribution is -2.47. The van der Waals surface area contributed by atoms with E-state index in [1.807, 2.05) is 0 Å². The van der Waals surface area contributed by atoms with Gasteiger partial charge >= 0.3 is 12.0 Å². The van der Waals surface area contributed by atoms with Gasteiger partial charge in [0.15, 0.2) is 6.04 Å². The van der Waals surface area contributed by atoms with Crippen molar-refractivity contribution in [1.82, 2.24) is 15.6 Å². The van der Waals surface area contributed by atoms with Crippen molar-refractivity contribution in [1.29, 1.82) is 0 Å². The van der Waals surface area contributed by atoms with E-state index in [1.165, 1.54) is 13.3 Å². The Labute approximate surface area is 109 Å². The minimum Gasteiger partial charge on any atom is -0.481 e. The van der Waals surface area contributed by atoms with Crippen LogP contribution < -0.4 is 15.4 Å². The van der Waals surface area contributed by atoms with Crippen LogP contribution in [0.2, 0.25) is 0 Å². The average Bonchev–Trinajstić information content (AvgIpc) is 2.42. The number of carbonyl (C=O) groups excluding carboxylic acids is 1. The van der Waals surface area contributed by atoms with E-state index >= 15 is 0 Å². The van der Waals surface area contributed by atoms with Crippen LogP contribution in [-0.2, 0) is 11.3 Å². The number of carbonyl (C=O) groups is 2. The van der Waals surface area contributed by atoms with Crippen molar-refractivity contribution < 1.29 is 24.5 Å². The molecule has 1 atom stereocenters. The van der Waals surface area contributed by atoms with Gasteiger partial charge in [-0.05, 0) is 11.6 Å². The molecule has 0 aliphatic heterocycles. The first-order valence-corrected chi connectivity index (χ1v) is 5.43. The van der Waals surface area contributed by atoms with Gasteiger partial charge in [0.05, 0.1) is 13.7 Å². The number of aliphatic hydroxyl groups is 1. The highest BCUT2D eigenvalue weighted by Gasteiger charge is 2.18. The summed E-state index contributed by atoms with van der Waals surface area (Å²) in [5.41, 5.74) is 0.748. The first kappa shape index (κ1) is 14.7. The third-order valence-corrected chi connectivity index (χ3v) is 2.25. The molecule has 2 amide bonds. The van der Waals surface area contributed by atoms with Crippen molar-refractivity contribution in [2.24, 2.45) is 0 Å². The maximum Gasteiger partial charge on any atom is 0.328 e. The first-order valence-electron chi connectivity index (χ1n) is 5.43. The highest BCUT2D eigenvalue weighted by Crippen LogP contribution is 2.07. The van der Waals surface area contributed by atoms with Crippen LogP contribution in [0.15, 0.2) is 18.3 Å². The Kier molecular flexibility index (Phi) is 5.55. The second kappa shape index (κ2) is 7.17. The van der Waals surface area contributed by atoms with E-state index in [-0.39, 0.29) is 6.54 Å². The van der Waals surface area contributed by atoms with Gasteiger partial charge in [0.25, 0.3) is 0 Å². The average molecular weight is 269 g/mol. The lowest BCUT2D eigenvalue weighted by atomic mass is 10.2. The fourth-order valence-corrected chi connectivity index (χ4v) is 1.25. The molecule has 4 N–H and O–H groups in total. The van der Waals surface area contributed by atoms with Crippen molar-refractivity contribution in [2.75, 3.05) is 13.7 Å². The molecule has 0 unspecified atom stereocenters. The molecular formula is C11H15N3O5. The summed E-state index contributed by atoms with van der Waals surface area (Å²) in [4.78, 5) is 25.9. The second-order valence-electron chi connectivity index (χ2n) is 3.61. The van der Waals surface area contributed by atoms with Crippen LogP contribution in [0.4, 0.5) is 4.79 Å². The fraction of sp³-hybridized carbons (Fsp3) is 0.364. The van der Waals surface area contributed by atoms with Gasteiger partial charge in [-0.1, -0.05) is 0 Å². The number of aliphatic carboxylic acids is 1.